The first kappa shape index (κ1) is 14.3. The van der Waals surface area contributed by atoms with Crippen molar-refractivity contribution in [3.63, 3.8) is 0 Å². The first-order chi connectivity index (χ1) is 10.2. The molecule has 0 spiro atoms. The number of carbonyl (C=O) groups excluding carboxylic acids is 1. The van der Waals surface area contributed by atoms with Crippen LogP contribution in [0.25, 0.3) is 11.0 Å². The van der Waals surface area contributed by atoms with E-state index in [2.05, 4.69) is 10.3 Å². The molecule has 1 fully saturated rings. The quantitative estimate of drug-likeness (QED) is 0.833. The topological polar surface area (TPSA) is 46.9 Å². The highest BCUT2D eigenvalue weighted by Gasteiger charge is 2.29. The largest absolute Gasteiger partial charge is 0.354 e. The Hall–Kier alpha value is -1.62. The lowest BCUT2D eigenvalue weighted by atomic mass is 10.3. The standard InChI is InChI=1S/C15H17ClFN3O/c16-6-5-14-19-12-4-3-11(17)9-13(12)20(14)8-7-18-15(21)10-1-2-10/h3-4,9-10H,1-2,5-8H2,(H,18,21). The Kier molecular flexibility index (Phi) is 4.10. The molecule has 0 unspecified atom stereocenters. The summed E-state index contributed by atoms with van der Waals surface area (Å²) in [6, 6.07) is 4.55. The normalized spacial score (nSPS) is 14.6. The fourth-order valence-electron chi connectivity index (χ4n) is 2.45. The average Bonchev–Trinajstić information content (AvgIpc) is 3.25. The van der Waals surface area contributed by atoms with E-state index in [1.807, 2.05) is 4.57 Å². The number of aromatic nitrogens is 2. The lowest BCUT2D eigenvalue weighted by molar-refractivity contribution is -0.122. The molecule has 2 aromatic rings. The maximum atomic E-state index is 13.4. The van der Waals surface area contributed by atoms with E-state index in [0.717, 1.165) is 29.7 Å². The van der Waals surface area contributed by atoms with Crippen LogP contribution in [0.5, 0.6) is 0 Å². The molecule has 1 amide bonds. The molecule has 1 aromatic carbocycles. The summed E-state index contributed by atoms with van der Waals surface area (Å²) in [4.78, 5) is 16.1. The monoisotopic (exact) mass is 309 g/mol. The minimum atomic E-state index is -0.289. The number of amides is 1. The summed E-state index contributed by atoms with van der Waals surface area (Å²) in [6.45, 7) is 1.09. The Balaban J connectivity index is 1.78. The van der Waals surface area contributed by atoms with E-state index in [1.165, 1.54) is 12.1 Å². The lowest BCUT2D eigenvalue weighted by Gasteiger charge is -2.09. The maximum absolute atomic E-state index is 13.4. The van der Waals surface area contributed by atoms with Crippen molar-refractivity contribution in [3.8, 4) is 0 Å². The third-order valence-electron chi connectivity index (χ3n) is 3.69. The van der Waals surface area contributed by atoms with Crippen molar-refractivity contribution in [1.82, 2.24) is 14.9 Å². The molecule has 6 heteroatoms. The molecule has 1 aromatic heterocycles. The van der Waals surface area contributed by atoms with Gasteiger partial charge in [0.05, 0.1) is 11.0 Å². The van der Waals surface area contributed by atoms with E-state index in [0.29, 0.717) is 25.4 Å². The molecule has 21 heavy (non-hydrogen) atoms. The third-order valence-corrected chi connectivity index (χ3v) is 3.88. The van der Waals surface area contributed by atoms with E-state index in [4.69, 9.17) is 11.6 Å². The van der Waals surface area contributed by atoms with E-state index < -0.39 is 0 Å². The molecule has 0 aliphatic heterocycles. The molecule has 112 valence electrons. The molecular weight excluding hydrogens is 293 g/mol. The van der Waals surface area contributed by atoms with Crippen molar-refractivity contribution < 1.29 is 9.18 Å². The van der Waals surface area contributed by atoms with Crippen molar-refractivity contribution >= 4 is 28.5 Å². The molecule has 0 saturated heterocycles. The van der Waals surface area contributed by atoms with Crippen LogP contribution in [0.3, 0.4) is 0 Å². The van der Waals surface area contributed by atoms with Crippen LogP contribution in [-0.4, -0.2) is 27.9 Å². The Bertz CT molecular complexity index is 666. The summed E-state index contributed by atoms with van der Waals surface area (Å²) in [5.74, 6) is 1.31. The second-order valence-electron chi connectivity index (χ2n) is 5.32. The van der Waals surface area contributed by atoms with E-state index in [-0.39, 0.29) is 17.6 Å². The molecule has 1 aliphatic carbocycles. The highest BCUT2D eigenvalue weighted by atomic mass is 35.5. The number of nitrogens with one attached hydrogen (secondary N) is 1. The number of aryl methyl sites for hydroxylation is 1. The number of rotatable bonds is 6. The first-order valence-electron chi connectivity index (χ1n) is 7.17. The molecule has 4 nitrogen and oxygen atoms in total. The first-order valence-corrected chi connectivity index (χ1v) is 7.71. The minimum Gasteiger partial charge on any atom is -0.354 e. The highest BCUT2D eigenvalue weighted by molar-refractivity contribution is 6.17. The van der Waals surface area contributed by atoms with Crippen LogP contribution >= 0.6 is 11.6 Å². The summed E-state index contributed by atoms with van der Waals surface area (Å²) >= 11 is 5.80. The van der Waals surface area contributed by atoms with Gasteiger partial charge in [-0.2, -0.15) is 0 Å². The number of nitrogens with zero attached hydrogens (tertiary/aromatic N) is 2. The van der Waals surface area contributed by atoms with E-state index >= 15 is 0 Å². The van der Waals surface area contributed by atoms with Gasteiger partial charge in [-0.05, 0) is 31.0 Å². The van der Waals surface area contributed by atoms with Gasteiger partial charge in [0.15, 0.2) is 0 Å². The number of fused-ring (bicyclic) bond motifs is 1. The van der Waals surface area contributed by atoms with Crippen LogP contribution < -0.4 is 5.32 Å². The molecule has 1 heterocycles. The second kappa shape index (κ2) is 6.02. The summed E-state index contributed by atoms with van der Waals surface area (Å²) in [5.41, 5.74) is 1.50. The SMILES string of the molecule is O=C(NCCn1c(CCCl)nc2ccc(F)cc21)C1CC1. The van der Waals surface area contributed by atoms with Gasteiger partial charge in [-0.15, -0.1) is 11.6 Å². The number of alkyl halides is 1. The number of imidazole rings is 1. The summed E-state index contributed by atoms with van der Waals surface area (Å²) in [6.07, 6.45) is 2.60. The van der Waals surface area contributed by atoms with Crippen LogP contribution in [0, 0.1) is 11.7 Å². The molecule has 1 saturated carbocycles. The van der Waals surface area contributed by atoms with Gasteiger partial charge in [-0.1, -0.05) is 0 Å². The predicted molar refractivity (Wildman–Crippen MR) is 79.8 cm³/mol. The van der Waals surface area contributed by atoms with Gasteiger partial charge in [0.25, 0.3) is 0 Å². The van der Waals surface area contributed by atoms with Gasteiger partial charge >= 0.3 is 0 Å². The van der Waals surface area contributed by atoms with E-state index in [9.17, 15) is 9.18 Å². The van der Waals surface area contributed by atoms with Gasteiger partial charge in [0.1, 0.15) is 11.6 Å². The summed E-state index contributed by atoms with van der Waals surface area (Å²) in [5, 5.41) is 2.92. The van der Waals surface area contributed by atoms with Crippen LogP contribution in [0.1, 0.15) is 18.7 Å². The smallest absolute Gasteiger partial charge is 0.223 e. The number of hydrogen-bond acceptors (Lipinski definition) is 2. The van der Waals surface area contributed by atoms with Gasteiger partial charge in [-0.3, -0.25) is 4.79 Å². The third kappa shape index (κ3) is 3.18. The van der Waals surface area contributed by atoms with E-state index in [1.54, 1.807) is 6.07 Å². The zero-order chi connectivity index (χ0) is 14.8. The molecule has 1 aliphatic rings. The fourth-order valence-corrected chi connectivity index (χ4v) is 2.62. The summed E-state index contributed by atoms with van der Waals surface area (Å²) in [7, 11) is 0. The zero-order valence-corrected chi connectivity index (χ0v) is 12.4. The van der Waals surface area contributed by atoms with Crippen molar-refractivity contribution in [3.05, 3.63) is 29.8 Å². The Labute approximate surface area is 127 Å². The maximum Gasteiger partial charge on any atom is 0.223 e. The Morgan fingerprint density at radius 2 is 2.29 bits per heavy atom. The van der Waals surface area contributed by atoms with Gasteiger partial charge in [-0.25, -0.2) is 9.37 Å². The molecule has 0 radical (unpaired) electrons. The van der Waals surface area contributed by atoms with Crippen molar-refractivity contribution in [2.45, 2.75) is 25.8 Å². The van der Waals surface area contributed by atoms with Crippen molar-refractivity contribution in [2.24, 2.45) is 5.92 Å². The average molecular weight is 310 g/mol. The highest BCUT2D eigenvalue weighted by Crippen LogP contribution is 2.28. The van der Waals surface area contributed by atoms with Crippen LogP contribution in [0.4, 0.5) is 4.39 Å². The summed E-state index contributed by atoms with van der Waals surface area (Å²) < 4.78 is 15.4. The molecule has 0 bridgehead atoms. The Morgan fingerprint density at radius 1 is 1.48 bits per heavy atom. The molecular formula is C15H17ClFN3O. The zero-order valence-electron chi connectivity index (χ0n) is 11.6. The van der Waals surface area contributed by atoms with Gasteiger partial charge < -0.3 is 9.88 Å². The molecule has 0 atom stereocenters. The Morgan fingerprint density at radius 3 is 3.00 bits per heavy atom. The number of hydrogen-bond donors (Lipinski definition) is 1. The van der Waals surface area contributed by atoms with Crippen molar-refractivity contribution in [1.29, 1.82) is 0 Å². The lowest BCUT2D eigenvalue weighted by Crippen LogP contribution is -2.28. The van der Waals surface area contributed by atoms with Crippen LogP contribution in [0.15, 0.2) is 18.2 Å². The number of halogens is 2. The predicted octanol–water partition coefficient (Wildman–Crippen LogP) is 2.48. The number of carbonyl (C=O) groups is 1. The fraction of sp³-hybridized carbons (Fsp3) is 0.467. The van der Waals surface area contributed by atoms with Gasteiger partial charge in [0, 0.05) is 31.3 Å². The molecule has 1 N–H and O–H groups in total. The van der Waals surface area contributed by atoms with Crippen LogP contribution in [-0.2, 0) is 17.8 Å². The van der Waals surface area contributed by atoms with Crippen LogP contribution in [0.2, 0.25) is 0 Å². The molecule has 3 rings (SSSR count). The minimum absolute atomic E-state index is 0.115. The van der Waals surface area contributed by atoms with Gasteiger partial charge in [0.2, 0.25) is 5.91 Å². The number of benzene rings is 1. The second-order valence-corrected chi connectivity index (χ2v) is 5.69. The van der Waals surface area contributed by atoms with Crippen molar-refractivity contribution in [2.75, 3.05) is 12.4 Å².